The van der Waals surface area contributed by atoms with Gasteiger partial charge in [-0.1, -0.05) is 71.3 Å². The van der Waals surface area contributed by atoms with E-state index in [1.165, 1.54) is 49.0 Å². The highest BCUT2D eigenvalue weighted by molar-refractivity contribution is 5.80. The summed E-state index contributed by atoms with van der Waals surface area (Å²) in [7, 11) is 0. The molecule has 0 saturated heterocycles. The Labute approximate surface area is 234 Å². The van der Waals surface area contributed by atoms with Crippen molar-refractivity contribution in [3.63, 3.8) is 0 Å². The number of rotatable bonds is 16. The summed E-state index contributed by atoms with van der Waals surface area (Å²) in [5.41, 5.74) is 3.26. The topological polar surface area (TPSA) is 83.6 Å². The normalized spacial score (nSPS) is 21.6. The minimum Gasteiger partial charge on any atom is -0.504 e. The second-order valence-electron chi connectivity index (χ2n) is 12.3. The first-order valence-corrected chi connectivity index (χ1v) is 15.4. The lowest BCUT2D eigenvalue weighted by Crippen LogP contribution is -3.11. The number of phenols is 1. The second-order valence-corrected chi connectivity index (χ2v) is 12.3. The highest BCUT2D eigenvalue weighted by atomic mass is 16.5. The van der Waals surface area contributed by atoms with Crippen LogP contribution < -0.4 is 9.64 Å². The van der Waals surface area contributed by atoms with Crippen molar-refractivity contribution in [2.45, 2.75) is 116 Å². The summed E-state index contributed by atoms with van der Waals surface area (Å²) in [6.45, 7) is 4.89. The molecule has 4 rings (SSSR count). The summed E-state index contributed by atoms with van der Waals surface area (Å²) in [6, 6.07) is 5.64. The van der Waals surface area contributed by atoms with E-state index < -0.39 is 6.10 Å². The Morgan fingerprint density at radius 2 is 1.95 bits per heavy atom. The zero-order chi connectivity index (χ0) is 27.6. The van der Waals surface area contributed by atoms with Crippen molar-refractivity contribution in [1.29, 1.82) is 0 Å². The van der Waals surface area contributed by atoms with Crippen molar-refractivity contribution >= 4 is 12.0 Å². The van der Waals surface area contributed by atoms with Gasteiger partial charge in [-0.25, -0.2) is 0 Å². The molecule has 6 heteroatoms. The number of nitrogens with one attached hydrogen (secondary N) is 1. The van der Waals surface area contributed by atoms with Gasteiger partial charge >= 0.3 is 0 Å². The summed E-state index contributed by atoms with van der Waals surface area (Å²) in [6.07, 6.45) is 20.0. The first kappa shape index (κ1) is 29.5. The highest BCUT2D eigenvalue weighted by Gasteiger charge is 2.36. The minimum absolute atomic E-state index is 0.0897. The fourth-order valence-electron chi connectivity index (χ4n) is 6.26. The smallest absolute Gasteiger partial charge is 0.227 e. The Morgan fingerprint density at radius 1 is 1.13 bits per heavy atom. The van der Waals surface area contributed by atoms with Gasteiger partial charge in [-0.15, -0.1) is 0 Å². The Kier molecular flexibility index (Phi) is 11.2. The van der Waals surface area contributed by atoms with Crippen LogP contribution in [0, 0.1) is 11.8 Å². The number of aliphatic imine (C=N–C) groups is 1. The molecule has 3 atom stereocenters. The number of Topliss-reactive ketones (excluding diaryl/α,β-unsaturated/α-hetero) is 1. The van der Waals surface area contributed by atoms with E-state index in [4.69, 9.17) is 4.74 Å². The van der Waals surface area contributed by atoms with Crippen LogP contribution in [-0.2, 0) is 11.2 Å². The molecule has 1 aromatic rings. The zero-order valence-corrected chi connectivity index (χ0v) is 24.0. The van der Waals surface area contributed by atoms with Crippen LogP contribution in [-0.4, -0.2) is 41.1 Å². The Morgan fingerprint density at radius 3 is 2.74 bits per heavy atom. The van der Waals surface area contributed by atoms with Crippen molar-refractivity contribution in [1.82, 2.24) is 0 Å². The van der Waals surface area contributed by atoms with E-state index in [-0.39, 0.29) is 18.0 Å². The average molecular weight is 538 g/mol. The van der Waals surface area contributed by atoms with Crippen molar-refractivity contribution in [2.24, 2.45) is 16.8 Å². The first-order valence-electron chi connectivity index (χ1n) is 15.4. The quantitative estimate of drug-likeness (QED) is 0.237. The van der Waals surface area contributed by atoms with Gasteiger partial charge in [0.05, 0.1) is 6.10 Å². The van der Waals surface area contributed by atoms with Gasteiger partial charge in [0.1, 0.15) is 23.7 Å². The summed E-state index contributed by atoms with van der Waals surface area (Å²) < 4.78 is 6.10. The van der Waals surface area contributed by atoms with Gasteiger partial charge in [0.15, 0.2) is 11.5 Å². The molecule has 6 nitrogen and oxygen atoms in total. The number of ketones is 1. The van der Waals surface area contributed by atoms with E-state index in [1.807, 2.05) is 18.3 Å². The van der Waals surface area contributed by atoms with E-state index in [2.05, 4.69) is 31.1 Å². The number of quaternary nitrogens is 1. The standard InChI is InChI=1S/C33H48N2O4/c1-24(2)12-16-31-29-18-19-34-30(29)22-35(31)23-39-33-20-26(14-17-32(33)38)13-15-28(37)21-27(36)11-7-6-10-25-8-4-3-5-9-25/h14,17-20,22,24-25,27,31,36,38H,3-13,15-16,21,23H2,1-2H3/p+1. The fraction of sp³-hybridized carbons (Fsp3) is 0.636. The van der Waals surface area contributed by atoms with Crippen molar-refractivity contribution in [3.05, 3.63) is 47.3 Å². The summed E-state index contributed by atoms with van der Waals surface area (Å²) >= 11 is 0. The van der Waals surface area contributed by atoms with Gasteiger partial charge in [-0.05, 0) is 54.9 Å². The molecular formula is C33H49N2O4+. The highest BCUT2D eigenvalue weighted by Crippen LogP contribution is 2.30. The summed E-state index contributed by atoms with van der Waals surface area (Å²) in [4.78, 5) is 18.2. The van der Waals surface area contributed by atoms with Gasteiger partial charge in [-0.3, -0.25) is 14.7 Å². The molecule has 0 spiro atoms. The molecule has 2 heterocycles. The third kappa shape index (κ3) is 9.04. The number of hydrogen-bond donors (Lipinski definition) is 3. The third-order valence-electron chi connectivity index (χ3n) is 8.64. The molecule has 0 aromatic heterocycles. The van der Waals surface area contributed by atoms with E-state index in [1.54, 1.807) is 6.07 Å². The molecule has 1 fully saturated rings. The summed E-state index contributed by atoms with van der Waals surface area (Å²) in [5, 5.41) is 20.8. The molecule has 39 heavy (non-hydrogen) atoms. The molecule has 1 saturated carbocycles. The zero-order valence-electron chi connectivity index (χ0n) is 24.0. The molecule has 2 aliphatic heterocycles. The third-order valence-corrected chi connectivity index (χ3v) is 8.64. The number of fused-ring (bicyclic) bond motifs is 1. The van der Waals surface area contributed by atoms with E-state index in [0.29, 0.717) is 43.7 Å². The maximum absolute atomic E-state index is 12.5. The molecule has 3 aliphatic rings. The number of allylic oxidation sites excluding steroid dienone is 1. The maximum Gasteiger partial charge on any atom is 0.227 e. The van der Waals surface area contributed by atoms with Gasteiger partial charge < -0.3 is 14.9 Å². The number of nitrogens with zero attached hydrogens (tertiary/aromatic N) is 1. The number of carbonyl (C=O) groups excluding carboxylic acids is 1. The minimum atomic E-state index is -0.539. The number of carbonyl (C=O) groups is 1. The van der Waals surface area contributed by atoms with Gasteiger partial charge in [-0.2, -0.15) is 0 Å². The van der Waals surface area contributed by atoms with Crippen LogP contribution in [0.2, 0.25) is 0 Å². The van der Waals surface area contributed by atoms with Gasteiger partial charge in [0.25, 0.3) is 0 Å². The monoisotopic (exact) mass is 537 g/mol. The van der Waals surface area contributed by atoms with Gasteiger partial charge in [0, 0.05) is 31.1 Å². The van der Waals surface area contributed by atoms with Crippen molar-refractivity contribution in [3.8, 4) is 11.5 Å². The Balaban J connectivity index is 1.19. The number of aliphatic hydroxyl groups excluding tert-OH is 1. The van der Waals surface area contributed by atoms with Crippen LogP contribution in [0.3, 0.4) is 0 Å². The Hall–Kier alpha value is -2.44. The second kappa shape index (κ2) is 14.8. The van der Waals surface area contributed by atoms with E-state index >= 15 is 0 Å². The molecule has 1 aliphatic carbocycles. The lowest BCUT2D eigenvalue weighted by molar-refractivity contribution is -0.880. The molecule has 0 radical (unpaired) electrons. The number of phenolic OH excluding ortho intramolecular Hbond substituents is 1. The lowest BCUT2D eigenvalue weighted by atomic mass is 9.85. The van der Waals surface area contributed by atoms with Crippen LogP contribution in [0.4, 0.5) is 0 Å². The number of aryl methyl sites for hydroxylation is 1. The number of ether oxygens (including phenoxy) is 1. The number of hydrogen-bond acceptors (Lipinski definition) is 5. The van der Waals surface area contributed by atoms with Crippen LogP contribution in [0.15, 0.2) is 46.7 Å². The fourth-order valence-corrected chi connectivity index (χ4v) is 6.26. The lowest BCUT2D eigenvalue weighted by Gasteiger charge is -2.22. The van der Waals surface area contributed by atoms with Gasteiger partial charge in [0.2, 0.25) is 6.73 Å². The maximum atomic E-state index is 12.5. The number of unbranched alkanes of at least 4 members (excludes halogenated alkanes) is 1. The average Bonchev–Trinajstić information content (AvgIpc) is 3.50. The SMILES string of the molecule is CC(C)CCC1C2=CC=NC2=C[NH+]1COc1cc(CCC(=O)CC(O)CCCCC2CCCCC2)ccc1O. The Bertz CT molecular complexity index is 1040. The van der Waals surface area contributed by atoms with Crippen LogP contribution in [0.25, 0.3) is 0 Å². The number of aliphatic hydroxyl groups is 1. The van der Waals surface area contributed by atoms with E-state index in [0.717, 1.165) is 42.9 Å². The summed E-state index contributed by atoms with van der Waals surface area (Å²) in [5.74, 6) is 2.15. The molecular weight excluding hydrogens is 488 g/mol. The molecule has 1 aromatic carbocycles. The molecule has 0 bridgehead atoms. The first-order chi connectivity index (χ1) is 18.9. The number of benzene rings is 1. The van der Waals surface area contributed by atoms with E-state index in [9.17, 15) is 15.0 Å². The van der Waals surface area contributed by atoms with Crippen molar-refractivity contribution in [2.75, 3.05) is 6.73 Å². The van der Waals surface area contributed by atoms with Crippen LogP contribution in [0.1, 0.15) is 103 Å². The largest absolute Gasteiger partial charge is 0.504 e. The molecule has 3 N–H and O–H groups in total. The predicted molar refractivity (Wildman–Crippen MR) is 156 cm³/mol. The van der Waals surface area contributed by atoms with Crippen LogP contribution >= 0.6 is 0 Å². The predicted octanol–water partition coefficient (Wildman–Crippen LogP) is 5.68. The molecule has 0 amide bonds. The van der Waals surface area contributed by atoms with Crippen molar-refractivity contribution < 1.29 is 24.6 Å². The molecule has 3 unspecified atom stereocenters. The van der Waals surface area contributed by atoms with Crippen LogP contribution in [0.5, 0.6) is 11.5 Å². The molecule has 214 valence electrons. The number of aromatic hydroxyl groups is 1.